The molecule has 204 valence electrons. The van der Waals surface area contributed by atoms with Gasteiger partial charge in [0.25, 0.3) is 11.8 Å². The minimum Gasteiger partial charge on any atom is -0.380 e. The topological polar surface area (TPSA) is 121 Å². The number of carbonyl (C=O) groups is 1. The van der Waals surface area contributed by atoms with Crippen molar-refractivity contribution in [2.45, 2.75) is 33.4 Å². The molecule has 3 aromatic carbocycles. The summed E-state index contributed by atoms with van der Waals surface area (Å²) >= 11 is 0. The smallest absolute Gasteiger partial charge is 0.258 e. The summed E-state index contributed by atoms with van der Waals surface area (Å²) in [5.74, 6) is -0.126. The number of halogens is 1. The molecule has 10 nitrogen and oxygen atoms in total. The third-order valence-corrected chi connectivity index (χ3v) is 6.39. The van der Waals surface area contributed by atoms with Crippen molar-refractivity contribution in [2.75, 3.05) is 13.7 Å². The van der Waals surface area contributed by atoms with Crippen LogP contribution in [0.5, 0.6) is 0 Å². The Balaban J connectivity index is 1.30. The Hall–Kier alpha value is -4.77. The second-order valence-electron chi connectivity index (χ2n) is 9.15. The number of hydrogen-bond donors (Lipinski definition) is 1. The van der Waals surface area contributed by atoms with E-state index in [4.69, 9.17) is 9.26 Å². The van der Waals surface area contributed by atoms with Crippen LogP contribution in [0, 0.1) is 12.7 Å². The molecule has 1 amide bonds. The van der Waals surface area contributed by atoms with Gasteiger partial charge in [-0.1, -0.05) is 48.5 Å². The lowest BCUT2D eigenvalue weighted by Gasteiger charge is -2.12. The van der Waals surface area contributed by atoms with Gasteiger partial charge >= 0.3 is 0 Å². The predicted molar refractivity (Wildman–Crippen MR) is 146 cm³/mol. The molecule has 40 heavy (non-hydrogen) atoms. The largest absolute Gasteiger partial charge is 0.380 e. The SMILES string of the molecule is CCc1nnn(CCNC(=O)c2ccc(-c3noc(-c4ccc(-c5ccccc5C)c(COC)c4)n3)cc2F)n1. The lowest BCUT2D eigenvalue weighted by atomic mass is 9.94. The van der Waals surface area contributed by atoms with E-state index in [0.717, 1.165) is 22.3 Å². The van der Waals surface area contributed by atoms with Crippen molar-refractivity contribution in [1.29, 1.82) is 0 Å². The summed E-state index contributed by atoms with van der Waals surface area (Å²) in [4.78, 5) is 18.4. The molecule has 1 N–H and O–H groups in total. The highest BCUT2D eigenvalue weighted by atomic mass is 19.1. The molecule has 0 fully saturated rings. The van der Waals surface area contributed by atoms with E-state index in [-0.39, 0.29) is 17.9 Å². The van der Waals surface area contributed by atoms with E-state index in [0.29, 0.717) is 42.4 Å². The Morgan fingerprint density at radius 1 is 1.07 bits per heavy atom. The first-order valence-corrected chi connectivity index (χ1v) is 12.8. The van der Waals surface area contributed by atoms with Gasteiger partial charge in [0.05, 0.1) is 18.7 Å². The fourth-order valence-electron chi connectivity index (χ4n) is 4.31. The molecular formula is C29H28FN7O3. The number of nitrogens with zero attached hydrogens (tertiary/aromatic N) is 6. The average Bonchev–Trinajstić information content (AvgIpc) is 3.64. The van der Waals surface area contributed by atoms with Gasteiger partial charge in [-0.25, -0.2) is 4.39 Å². The number of carbonyl (C=O) groups excluding carboxylic acids is 1. The van der Waals surface area contributed by atoms with E-state index in [9.17, 15) is 9.18 Å². The average molecular weight is 542 g/mol. The molecule has 0 saturated carbocycles. The molecule has 0 atom stereocenters. The molecule has 2 aromatic heterocycles. The van der Waals surface area contributed by atoms with E-state index < -0.39 is 11.7 Å². The zero-order chi connectivity index (χ0) is 28.1. The molecule has 0 aliphatic rings. The minimum absolute atomic E-state index is 0.0933. The highest BCUT2D eigenvalue weighted by Gasteiger charge is 2.17. The standard InChI is InChI=1S/C29H28FN7O3/c1-4-26-33-36-37(34-26)14-13-31-28(38)24-12-9-19(16-25(24)30)27-32-29(40-35-27)20-10-11-23(21(15-20)17-39-3)22-8-6-5-7-18(22)2/h5-12,15-16H,4,13-14,17H2,1-3H3,(H,31,38). The molecule has 0 saturated heterocycles. The van der Waals surface area contributed by atoms with Crippen LogP contribution in [-0.4, -0.2) is 49.9 Å². The van der Waals surface area contributed by atoms with Gasteiger partial charge in [0.1, 0.15) is 5.82 Å². The van der Waals surface area contributed by atoms with Crippen molar-refractivity contribution in [3.63, 3.8) is 0 Å². The number of aromatic nitrogens is 6. The zero-order valence-corrected chi connectivity index (χ0v) is 22.4. The molecule has 0 unspecified atom stereocenters. The number of ether oxygens (including phenoxy) is 1. The van der Waals surface area contributed by atoms with Crippen LogP contribution >= 0.6 is 0 Å². The number of rotatable bonds is 10. The lowest BCUT2D eigenvalue weighted by molar-refractivity contribution is 0.0947. The maximum absolute atomic E-state index is 14.9. The Bertz CT molecular complexity index is 1650. The number of amides is 1. The van der Waals surface area contributed by atoms with Crippen molar-refractivity contribution in [3.8, 4) is 34.0 Å². The minimum atomic E-state index is -0.696. The summed E-state index contributed by atoms with van der Waals surface area (Å²) in [5, 5.41) is 18.6. The number of tetrazole rings is 1. The Morgan fingerprint density at radius 2 is 1.90 bits per heavy atom. The van der Waals surface area contributed by atoms with Crippen LogP contribution in [0.3, 0.4) is 0 Å². The maximum atomic E-state index is 14.9. The summed E-state index contributed by atoms with van der Waals surface area (Å²) in [7, 11) is 1.65. The summed E-state index contributed by atoms with van der Waals surface area (Å²) in [6.07, 6.45) is 0.668. The molecule has 0 bridgehead atoms. The Morgan fingerprint density at radius 3 is 2.65 bits per heavy atom. The number of aryl methyl sites for hydroxylation is 2. The normalized spacial score (nSPS) is 11.1. The van der Waals surface area contributed by atoms with Crippen LogP contribution in [0.4, 0.5) is 4.39 Å². The quantitative estimate of drug-likeness (QED) is 0.271. The summed E-state index contributed by atoms with van der Waals surface area (Å²) in [5.41, 5.74) is 5.31. The van der Waals surface area contributed by atoms with Crippen LogP contribution in [0.2, 0.25) is 0 Å². The van der Waals surface area contributed by atoms with Crippen LogP contribution in [0.15, 0.2) is 65.2 Å². The number of methoxy groups -OCH3 is 1. The molecule has 0 aliphatic carbocycles. The van der Waals surface area contributed by atoms with E-state index in [1.807, 2.05) is 37.3 Å². The Kier molecular flexibility index (Phi) is 8.02. The van der Waals surface area contributed by atoms with Crippen molar-refractivity contribution in [3.05, 3.63) is 89.0 Å². The molecule has 0 spiro atoms. The van der Waals surface area contributed by atoms with Gasteiger partial charge in [-0.15, -0.1) is 10.2 Å². The van der Waals surface area contributed by atoms with Crippen molar-refractivity contribution < 1.29 is 18.4 Å². The number of nitrogens with one attached hydrogen (secondary N) is 1. The molecule has 5 aromatic rings. The number of hydrogen-bond acceptors (Lipinski definition) is 8. The van der Waals surface area contributed by atoms with Crippen molar-refractivity contribution in [2.24, 2.45) is 0 Å². The van der Waals surface area contributed by atoms with Gasteiger partial charge in [-0.3, -0.25) is 4.79 Å². The highest BCUT2D eigenvalue weighted by Crippen LogP contribution is 2.32. The Labute approximate surface area is 230 Å². The van der Waals surface area contributed by atoms with E-state index >= 15 is 0 Å². The van der Waals surface area contributed by atoms with Crippen LogP contribution in [0.25, 0.3) is 34.0 Å². The molecule has 0 radical (unpaired) electrons. The second-order valence-corrected chi connectivity index (χ2v) is 9.15. The summed E-state index contributed by atoms with van der Waals surface area (Å²) in [6, 6.07) is 18.2. The predicted octanol–water partition coefficient (Wildman–Crippen LogP) is 4.64. The van der Waals surface area contributed by atoms with E-state index in [1.54, 1.807) is 13.2 Å². The van der Waals surface area contributed by atoms with E-state index in [1.165, 1.54) is 16.9 Å². The third-order valence-electron chi connectivity index (χ3n) is 6.39. The monoisotopic (exact) mass is 541 g/mol. The van der Waals surface area contributed by atoms with Gasteiger partial charge in [-0.2, -0.15) is 9.78 Å². The first-order chi connectivity index (χ1) is 19.5. The van der Waals surface area contributed by atoms with Gasteiger partial charge < -0.3 is 14.6 Å². The van der Waals surface area contributed by atoms with Gasteiger partial charge in [0, 0.05) is 31.2 Å². The maximum Gasteiger partial charge on any atom is 0.258 e. The summed E-state index contributed by atoms with van der Waals surface area (Å²) < 4.78 is 25.8. The molecule has 11 heteroatoms. The third kappa shape index (κ3) is 5.79. The van der Waals surface area contributed by atoms with Crippen LogP contribution in [0.1, 0.15) is 34.2 Å². The van der Waals surface area contributed by atoms with Crippen molar-refractivity contribution in [1.82, 2.24) is 35.7 Å². The molecule has 0 aliphatic heterocycles. The molecule has 5 rings (SSSR count). The highest BCUT2D eigenvalue weighted by molar-refractivity contribution is 5.94. The summed E-state index contributed by atoms with van der Waals surface area (Å²) in [6.45, 7) is 4.94. The second kappa shape index (κ2) is 12.0. The van der Waals surface area contributed by atoms with Gasteiger partial charge in [0.2, 0.25) is 5.82 Å². The van der Waals surface area contributed by atoms with Gasteiger partial charge in [-0.05, 0) is 58.7 Å². The molecular weight excluding hydrogens is 513 g/mol. The van der Waals surface area contributed by atoms with Gasteiger partial charge in [0.15, 0.2) is 5.82 Å². The first-order valence-electron chi connectivity index (χ1n) is 12.8. The number of benzene rings is 3. The fraction of sp³-hybridized carbons (Fsp3) is 0.241. The first kappa shape index (κ1) is 26.8. The molecule has 2 heterocycles. The van der Waals surface area contributed by atoms with Crippen molar-refractivity contribution >= 4 is 5.91 Å². The zero-order valence-electron chi connectivity index (χ0n) is 22.4. The van der Waals surface area contributed by atoms with Crippen LogP contribution < -0.4 is 5.32 Å². The fourth-order valence-corrected chi connectivity index (χ4v) is 4.31. The van der Waals surface area contributed by atoms with E-state index in [2.05, 4.69) is 49.9 Å². The lowest BCUT2D eigenvalue weighted by Crippen LogP contribution is -2.28. The van der Waals surface area contributed by atoms with Crippen LogP contribution in [-0.2, 0) is 24.3 Å².